The average Bonchev–Trinajstić information content (AvgIpc) is 2.43. The Balaban J connectivity index is 0.00000484. The van der Waals surface area contributed by atoms with Crippen LogP contribution in [0.25, 0.3) is 0 Å². The third-order valence-electron chi connectivity index (χ3n) is 3.46. The summed E-state index contributed by atoms with van der Waals surface area (Å²) in [6.07, 6.45) is 0.543. The van der Waals surface area contributed by atoms with Crippen LogP contribution in [0.2, 0.25) is 0 Å². The molecule has 0 saturated heterocycles. The molecule has 1 atom stereocenters. The van der Waals surface area contributed by atoms with Crippen LogP contribution in [0.3, 0.4) is 0 Å². The Morgan fingerprint density at radius 1 is 1.39 bits per heavy atom. The summed E-state index contributed by atoms with van der Waals surface area (Å²) in [6, 6.07) is 3.56. The van der Waals surface area contributed by atoms with Gasteiger partial charge in [-0.1, -0.05) is 13.8 Å². The molecule has 10 heteroatoms. The highest BCUT2D eigenvalue weighted by molar-refractivity contribution is 9.10. The summed E-state index contributed by atoms with van der Waals surface area (Å²) in [5.41, 5.74) is 5.74. The van der Waals surface area contributed by atoms with E-state index in [0.29, 0.717) is 6.42 Å². The van der Waals surface area contributed by atoms with Gasteiger partial charge in [0.15, 0.2) is 0 Å². The molecule has 1 unspecified atom stereocenters. The Morgan fingerprint density at radius 3 is 2.39 bits per heavy atom. The smallest absolute Gasteiger partial charge is 0.283 e. The van der Waals surface area contributed by atoms with Crippen molar-refractivity contribution in [3.05, 3.63) is 32.8 Å². The molecule has 0 aliphatic heterocycles. The van der Waals surface area contributed by atoms with Crippen molar-refractivity contribution in [2.75, 3.05) is 13.6 Å². The molecule has 0 aromatic heterocycles. The number of sulfonamides is 1. The molecule has 7 nitrogen and oxygen atoms in total. The van der Waals surface area contributed by atoms with Crippen LogP contribution in [0.5, 0.6) is 0 Å². The summed E-state index contributed by atoms with van der Waals surface area (Å²) >= 11 is 3.03. The summed E-state index contributed by atoms with van der Waals surface area (Å²) in [6.45, 7) is 4.25. The lowest BCUT2D eigenvalue weighted by Gasteiger charge is -2.21. The molecule has 132 valence electrons. The lowest BCUT2D eigenvalue weighted by Crippen LogP contribution is -2.34. The molecular weight excluding hydrogens is 410 g/mol. The summed E-state index contributed by atoms with van der Waals surface area (Å²) in [7, 11) is -2.23. The minimum atomic E-state index is -3.70. The zero-order chi connectivity index (χ0) is 17.1. The maximum atomic E-state index is 12.4. The van der Waals surface area contributed by atoms with Gasteiger partial charge < -0.3 is 5.73 Å². The molecule has 1 aromatic rings. The lowest BCUT2D eigenvalue weighted by molar-refractivity contribution is -0.385. The first-order valence-corrected chi connectivity index (χ1v) is 8.96. The normalized spacial score (nSPS) is 13.0. The van der Waals surface area contributed by atoms with Gasteiger partial charge in [-0.25, -0.2) is 12.7 Å². The summed E-state index contributed by atoms with van der Waals surface area (Å²) < 4.78 is 26.2. The highest BCUT2D eigenvalue weighted by Gasteiger charge is 2.24. The van der Waals surface area contributed by atoms with Crippen LogP contribution < -0.4 is 5.73 Å². The van der Waals surface area contributed by atoms with Crippen molar-refractivity contribution >= 4 is 44.0 Å². The van der Waals surface area contributed by atoms with E-state index in [0.717, 1.165) is 0 Å². The van der Waals surface area contributed by atoms with Gasteiger partial charge in [0, 0.05) is 25.7 Å². The second-order valence-electron chi connectivity index (χ2n) is 5.39. The number of nitrogens with zero attached hydrogens (tertiary/aromatic N) is 2. The van der Waals surface area contributed by atoms with Gasteiger partial charge in [-0.05, 0) is 40.4 Å². The van der Waals surface area contributed by atoms with Crippen molar-refractivity contribution in [3.63, 3.8) is 0 Å². The minimum absolute atomic E-state index is 0. The number of benzene rings is 1. The van der Waals surface area contributed by atoms with Gasteiger partial charge in [0.2, 0.25) is 10.0 Å². The van der Waals surface area contributed by atoms with Crippen LogP contribution in [0.1, 0.15) is 20.3 Å². The second-order valence-corrected chi connectivity index (χ2v) is 8.29. The van der Waals surface area contributed by atoms with Crippen molar-refractivity contribution < 1.29 is 13.3 Å². The predicted octanol–water partition coefficient (Wildman–Crippen LogP) is 2.77. The third-order valence-corrected chi connectivity index (χ3v) is 5.95. The predicted molar refractivity (Wildman–Crippen MR) is 95.3 cm³/mol. The van der Waals surface area contributed by atoms with Crippen LogP contribution >= 0.6 is 28.3 Å². The SMILES string of the molecule is CC(C)C(N)CCN(C)S(=O)(=O)c1ccc([N+](=O)[O-])c(Br)c1.Cl. The molecule has 0 bridgehead atoms. The Morgan fingerprint density at radius 2 is 1.96 bits per heavy atom. The topological polar surface area (TPSA) is 107 Å². The number of nitro groups is 1. The first kappa shape index (κ1) is 22.3. The van der Waals surface area contributed by atoms with E-state index in [1.807, 2.05) is 13.8 Å². The first-order chi connectivity index (χ1) is 10.1. The number of halogens is 2. The van der Waals surface area contributed by atoms with E-state index in [9.17, 15) is 18.5 Å². The van der Waals surface area contributed by atoms with Crippen LogP contribution in [-0.2, 0) is 10.0 Å². The molecule has 2 N–H and O–H groups in total. The fraction of sp³-hybridized carbons (Fsp3) is 0.538. The second kappa shape index (κ2) is 8.93. The summed E-state index contributed by atoms with van der Waals surface area (Å²) in [5, 5.41) is 10.8. The molecule has 0 amide bonds. The van der Waals surface area contributed by atoms with Gasteiger partial charge >= 0.3 is 0 Å². The fourth-order valence-electron chi connectivity index (χ4n) is 1.76. The highest BCUT2D eigenvalue weighted by Crippen LogP contribution is 2.28. The van der Waals surface area contributed by atoms with E-state index < -0.39 is 14.9 Å². The first-order valence-electron chi connectivity index (χ1n) is 6.73. The molecule has 0 aliphatic carbocycles. The number of hydrogen-bond acceptors (Lipinski definition) is 5. The van der Waals surface area contributed by atoms with Gasteiger partial charge in [0.25, 0.3) is 5.69 Å². The molecule has 1 rings (SSSR count). The molecule has 1 aromatic carbocycles. The fourth-order valence-corrected chi connectivity index (χ4v) is 3.65. The van der Waals surface area contributed by atoms with Gasteiger partial charge in [-0.2, -0.15) is 0 Å². The average molecular weight is 431 g/mol. The quantitative estimate of drug-likeness (QED) is 0.529. The molecule has 0 fully saturated rings. The molecule has 0 radical (unpaired) electrons. The van der Waals surface area contributed by atoms with E-state index in [1.165, 1.54) is 29.6 Å². The molecule has 0 spiro atoms. The van der Waals surface area contributed by atoms with Gasteiger partial charge in [0.05, 0.1) is 14.3 Å². The minimum Gasteiger partial charge on any atom is -0.327 e. The molecular formula is C13H21BrClN3O4S. The number of nitro benzene ring substituents is 1. The van der Waals surface area contributed by atoms with E-state index in [2.05, 4.69) is 15.9 Å². The Hall–Kier alpha value is -0.740. The zero-order valence-electron chi connectivity index (χ0n) is 13.1. The van der Waals surface area contributed by atoms with Crippen molar-refractivity contribution in [2.45, 2.75) is 31.2 Å². The molecule has 23 heavy (non-hydrogen) atoms. The van der Waals surface area contributed by atoms with Crippen LogP contribution in [0, 0.1) is 16.0 Å². The van der Waals surface area contributed by atoms with Crippen LogP contribution in [0.4, 0.5) is 5.69 Å². The Bertz CT molecular complexity index is 655. The molecule has 0 saturated carbocycles. The van der Waals surface area contributed by atoms with Crippen molar-refractivity contribution in [1.82, 2.24) is 4.31 Å². The molecule has 0 aliphatic rings. The third kappa shape index (κ3) is 5.68. The summed E-state index contributed by atoms with van der Waals surface area (Å²) in [4.78, 5) is 10.2. The van der Waals surface area contributed by atoms with E-state index in [4.69, 9.17) is 5.73 Å². The van der Waals surface area contributed by atoms with Crippen LogP contribution in [0.15, 0.2) is 27.6 Å². The van der Waals surface area contributed by atoms with Crippen molar-refractivity contribution in [2.24, 2.45) is 11.7 Å². The lowest BCUT2D eigenvalue weighted by atomic mass is 10.0. The maximum Gasteiger partial charge on any atom is 0.283 e. The Kier molecular flexibility index (Phi) is 8.64. The number of nitrogens with two attached hydrogens (primary N) is 1. The largest absolute Gasteiger partial charge is 0.327 e. The maximum absolute atomic E-state index is 12.4. The van der Waals surface area contributed by atoms with Gasteiger partial charge in [-0.3, -0.25) is 10.1 Å². The number of hydrogen-bond donors (Lipinski definition) is 1. The van der Waals surface area contributed by atoms with Crippen molar-refractivity contribution in [1.29, 1.82) is 0 Å². The van der Waals surface area contributed by atoms with E-state index >= 15 is 0 Å². The van der Waals surface area contributed by atoms with Gasteiger partial charge in [-0.15, -0.1) is 12.4 Å². The van der Waals surface area contributed by atoms with Gasteiger partial charge in [0.1, 0.15) is 0 Å². The Labute approximate surface area is 151 Å². The standard InChI is InChI=1S/C13H20BrN3O4S.ClH/c1-9(2)12(15)6-7-16(3)22(20,21)10-4-5-13(17(18)19)11(14)8-10;/h4-5,8-9,12H,6-7,15H2,1-3H3;1H. The van der Waals surface area contributed by atoms with E-state index in [1.54, 1.807) is 0 Å². The van der Waals surface area contributed by atoms with Crippen molar-refractivity contribution in [3.8, 4) is 0 Å². The van der Waals surface area contributed by atoms with E-state index in [-0.39, 0.29) is 46.0 Å². The summed E-state index contributed by atoms with van der Waals surface area (Å²) in [5.74, 6) is 0.268. The number of rotatable bonds is 7. The highest BCUT2D eigenvalue weighted by atomic mass is 79.9. The monoisotopic (exact) mass is 429 g/mol. The molecule has 0 heterocycles. The van der Waals surface area contributed by atoms with Crippen LogP contribution in [-0.4, -0.2) is 37.3 Å². The zero-order valence-corrected chi connectivity index (χ0v) is 16.3.